The summed E-state index contributed by atoms with van der Waals surface area (Å²) in [4.78, 5) is 12.2. The summed E-state index contributed by atoms with van der Waals surface area (Å²) < 4.78 is 4.64. The van der Waals surface area contributed by atoms with Crippen LogP contribution in [0.25, 0.3) is 5.69 Å². The molecule has 1 aromatic carbocycles. The van der Waals surface area contributed by atoms with Gasteiger partial charge < -0.3 is 9.88 Å². The van der Waals surface area contributed by atoms with Crippen LogP contribution >= 0.6 is 15.9 Å². The average molecular weight is 387 g/mol. The second kappa shape index (κ2) is 7.05. The van der Waals surface area contributed by atoms with Gasteiger partial charge >= 0.3 is 0 Å². The molecule has 0 radical (unpaired) electrons. The van der Waals surface area contributed by atoms with Crippen molar-refractivity contribution in [3.05, 3.63) is 70.7 Å². The van der Waals surface area contributed by atoms with Crippen molar-refractivity contribution in [2.24, 2.45) is 0 Å². The maximum Gasteiger partial charge on any atom is 0.242 e. The molecule has 0 bridgehead atoms. The lowest BCUT2D eigenvalue weighted by molar-refractivity contribution is -0.122. The summed E-state index contributed by atoms with van der Waals surface area (Å²) >= 11 is 3.40. The Labute approximate surface area is 149 Å². The van der Waals surface area contributed by atoms with Crippen LogP contribution in [0.15, 0.2) is 59.5 Å². The summed E-state index contributed by atoms with van der Waals surface area (Å²) in [5.74, 6) is -0.0595. The molecule has 0 aliphatic carbocycles. The molecule has 2 heterocycles. The number of aromatic nitrogens is 3. The molecule has 5 nitrogen and oxygen atoms in total. The van der Waals surface area contributed by atoms with E-state index in [1.54, 1.807) is 10.9 Å². The number of halogens is 1. The second-order valence-electron chi connectivity index (χ2n) is 5.71. The molecule has 1 N–H and O–H groups in total. The van der Waals surface area contributed by atoms with Crippen molar-refractivity contribution < 1.29 is 4.79 Å². The molecule has 124 valence electrons. The van der Waals surface area contributed by atoms with Gasteiger partial charge in [0.2, 0.25) is 5.91 Å². The molecule has 0 saturated carbocycles. The Morgan fingerprint density at radius 2 is 1.92 bits per heavy atom. The quantitative estimate of drug-likeness (QED) is 0.727. The van der Waals surface area contributed by atoms with E-state index in [1.807, 2.05) is 67.2 Å². The van der Waals surface area contributed by atoms with Crippen LogP contribution in [0.1, 0.15) is 24.2 Å². The Hall–Kier alpha value is -2.34. The predicted octanol–water partition coefficient (Wildman–Crippen LogP) is 3.62. The smallest absolute Gasteiger partial charge is 0.242 e. The first-order chi connectivity index (χ1) is 11.5. The molecule has 1 unspecified atom stereocenters. The minimum absolute atomic E-state index is 0.0595. The summed E-state index contributed by atoms with van der Waals surface area (Å²) in [5.41, 5.74) is 3.10. The maximum absolute atomic E-state index is 12.2. The van der Waals surface area contributed by atoms with E-state index in [-0.39, 0.29) is 18.5 Å². The highest BCUT2D eigenvalue weighted by Gasteiger charge is 2.12. The molecule has 1 amide bonds. The summed E-state index contributed by atoms with van der Waals surface area (Å²) in [7, 11) is 0. The van der Waals surface area contributed by atoms with Crippen LogP contribution in [0.2, 0.25) is 0 Å². The molecule has 1 atom stereocenters. The number of carbonyl (C=O) groups is 1. The molecule has 0 spiro atoms. The topological polar surface area (TPSA) is 51.9 Å². The van der Waals surface area contributed by atoms with E-state index in [4.69, 9.17) is 0 Å². The minimum atomic E-state index is -0.0597. The third kappa shape index (κ3) is 3.59. The molecule has 3 rings (SSSR count). The highest BCUT2D eigenvalue weighted by atomic mass is 79.9. The van der Waals surface area contributed by atoms with Crippen LogP contribution in [0, 0.1) is 6.92 Å². The second-order valence-corrected chi connectivity index (χ2v) is 6.56. The molecule has 0 saturated heterocycles. The van der Waals surface area contributed by atoms with Gasteiger partial charge in [0.15, 0.2) is 0 Å². The minimum Gasteiger partial charge on any atom is -0.348 e. The van der Waals surface area contributed by atoms with Crippen LogP contribution < -0.4 is 5.32 Å². The normalized spacial score (nSPS) is 12.1. The van der Waals surface area contributed by atoms with E-state index in [1.165, 1.54) is 0 Å². The summed E-state index contributed by atoms with van der Waals surface area (Å²) in [6.07, 6.45) is 5.71. The Morgan fingerprint density at radius 3 is 2.50 bits per heavy atom. The number of rotatable bonds is 5. The number of amides is 1. The van der Waals surface area contributed by atoms with Crippen molar-refractivity contribution in [3.63, 3.8) is 0 Å². The van der Waals surface area contributed by atoms with E-state index in [0.717, 1.165) is 21.4 Å². The van der Waals surface area contributed by atoms with Crippen LogP contribution in [0.4, 0.5) is 0 Å². The van der Waals surface area contributed by atoms with Crippen LogP contribution in [0.3, 0.4) is 0 Å². The summed E-state index contributed by atoms with van der Waals surface area (Å²) in [5, 5.41) is 7.20. The number of nitrogens with zero attached hydrogens (tertiary/aromatic N) is 3. The van der Waals surface area contributed by atoms with Gasteiger partial charge in [0, 0.05) is 18.1 Å². The van der Waals surface area contributed by atoms with Gasteiger partial charge in [-0.1, -0.05) is 12.1 Å². The Balaban J connectivity index is 1.63. The first-order valence-electron chi connectivity index (χ1n) is 7.75. The fraction of sp³-hybridized carbons (Fsp3) is 0.222. The van der Waals surface area contributed by atoms with Crippen molar-refractivity contribution in [2.75, 3.05) is 0 Å². The van der Waals surface area contributed by atoms with Gasteiger partial charge in [-0.2, -0.15) is 5.10 Å². The third-order valence-corrected chi connectivity index (χ3v) is 4.79. The molecule has 24 heavy (non-hydrogen) atoms. The predicted molar refractivity (Wildman–Crippen MR) is 97.0 cm³/mol. The first kappa shape index (κ1) is 16.5. The summed E-state index contributed by atoms with van der Waals surface area (Å²) in [6, 6.07) is 12.1. The monoisotopic (exact) mass is 386 g/mol. The molecular formula is C18H19BrN4O. The number of hydrogen-bond acceptors (Lipinski definition) is 2. The Bertz CT molecular complexity index is 821. The van der Waals surface area contributed by atoms with Gasteiger partial charge in [-0.3, -0.25) is 9.48 Å². The van der Waals surface area contributed by atoms with Gasteiger partial charge in [-0.05, 0) is 59.6 Å². The van der Waals surface area contributed by atoms with Crippen molar-refractivity contribution in [1.29, 1.82) is 0 Å². The molecule has 0 aliphatic rings. The fourth-order valence-corrected chi connectivity index (χ4v) is 2.83. The van der Waals surface area contributed by atoms with Gasteiger partial charge in [0.1, 0.15) is 6.54 Å². The van der Waals surface area contributed by atoms with Crippen LogP contribution in [0.5, 0.6) is 0 Å². The molecule has 6 heteroatoms. The SMILES string of the molecule is Cc1c(Br)cnn1CC(=O)NC(C)c1ccc(-n2cccc2)cc1. The molecule has 0 fully saturated rings. The maximum atomic E-state index is 12.2. The van der Waals surface area contributed by atoms with Gasteiger partial charge in [-0.25, -0.2) is 0 Å². The van der Waals surface area contributed by atoms with E-state index in [0.29, 0.717) is 0 Å². The molecule has 0 aliphatic heterocycles. The first-order valence-corrected chi connectivity index (χ1v) is 8.54. The van der Waals surface area contributed by atoms with Gasteiger partial charge in [0.05, 0.1) is 22.4 Å². The standard InChI is InChI=1S/C18H19BrN4O/c1-13(21-18(24)12-23-14(2)17(19)11-20-23)15-5-7-16(8-6-15)22-9-3-4-10-22/h3-11,13H,12H2,1-2H3,(H,21,24). The fourth-order valence-electron chi connectivity index (χ4n) is 2.53. The van der Waals surface area contributed by atoms with E-state index in [9.17, 15) is 4.79 Å². The Kier molecular flexibility index (Phi) is 4.85. The number of hydrogen-bond donors (Lipinski definition) is 1. The highest BCUT2D eigenvalue weighted by Crippen LogP contribution is 2.17. The zero-order valence-electron chi connectivity index (χ0n) is 13.6. The molecule has 3 aromatic rings. The number of nitrogens with one attached hydrogen (secondary N) is 1. The average Bonchev–Trinajstić information content (AvgIpc) is 3.21. The number of benzene rings is 1. The van der Waals surface area contributed by atoms with Crippen molar-refractivity contribution in [1.82, 2.24) is 19.7 Å². The van der Waals surface area contributed by atoms with Crippen LogP contribution in [-0.4, -0.2) is 20.3 Å². The zero-order valence-corrected chi connectivity index (χ0v) is 15.2. The third-order valence-electron chi connectivity index (χ3n) is 4.01. The molecular weight excluding hydrogens is 368 g/mol. The lowest BCUT2D eigenvalue weighted by Gasteiger charge is -2.15. The van der Waals surface area contributed by atoms with E-state index < -0.39 is 0 Å². The summed E-state index contributed by atoms with van der Waals surface area (Å²) in [6.45, 7) is 4.12. The van der Waals surface area contributed by atoms with Crippen LogP contribution in [-0.2, 0) is 11.3 Å². The Morgan fingerprint density at radius 1 is 1.25 bits per heavy atom. The van der Waals surface area contributed by atoms with Crippen molar-refractivity contribution in [2.45, 2.75) is 26.4 Å². The zero-order chi connectivity index (χ0) is 17.1. The van der Waals surface area contributed by atoms with E-state index in [2.05, 4.69) is 26.3 Å². The van der Waals surface area contributed by atoms with Crippen molar-refractivity contribution in [3.8, 4) is 5.69 Å². The highest BCUT2D eigenvalue weighted by molar-refractivity contribution is 9.10. The lowest BCUT2D eigenvalue weighted by Crippen LogP contribution is -2.30. The van der Waals surface area contributed by atoms with E-state index >= 15 is 0 Å². The largest absolute Gasteiger partial charge is 0.348 e. The van der Waals surface area contributed by atoms with Gasteiger partial charge in [-0.15, -0.1) is 0 Å². The van der Waals surface area contributed by atoms with Crippen molar-refractivity contribution >= 4 is 21.8 Å². The lowest BCUT2D eigenvalue weighted by atomic mass is 10.1. The van der Waals surface area contributed by atoms with Gasteiger partial charge in [0.25, 0.3) is 0 Å². The molecule has 2 aromatic heterocycles. The number of carbonyl (C=O) groups excluding carboxylic acids is 1.